The molecule has 0 aromatic heterocycles. The quantitative estimate of drug-likeness (QED) is 0.391. The first-order chi connectivity index (χ1) is 10.3. The maximum atomic E-state index is 11.8. The number of hydrogen-bond acceptors (Lipinski definition) is 4. The van der Waals surface area contributed by atoms with Crippen LogP contribution in [0.2, 0.25) is 0 Å². The molecule has 1 aromatic carbocycles. The minimum atomic E-state index is -0.493. The molecule has 0 aliphatic heterocycles. The molecule has 1 rings (SSSR count). The van der Waals surface area contributed by atoms with Gasteiger partial charge >= 0.3 is 0 Å². The van der Waals surface area contributed by atoms with Crippen LogP contribution in [0.5, 0.6) is 0 Å². The predicted octanol–water partition coefficient (Wildman–Crippen LogP) is 3.15. The van der Waals surface area contributed by atoms with Gasteiger partial charge in [0.15, 0.2) is 0 Å². The molecule has 0 unspecified atom stereocenters. The minimum absolute atomic E-state index is 0.00897. The molecule has 0 radical (unpaired) electrons. The molecular weight excluding hydrogens is 282 g/mol. The molecule has 0 fully saturated rings. The van der Waals surface area contributed by atoms with E-state index in [1.807, 2.05) is 19.9 Å². The number of hydrogen-bond donors (Lipinski definition) is 1. The van der Waals surface area contributed by atoms with E-state index in [0.29, 0.717) is 11.1 Å². The van der Waals surface area contributed by atoms with Crippen LogP contribution < -0.4 is 5.32 Å². The van der Waals surface area contributed by atoms with Crippen molar-refractivity contribution < 1.29 is 9.72 Å². The number of nitro benzene ring substituents is 1. The van der Waals surface area contributed by atoms with Crippen LogP contribution in [0.15, 0.2) is 23.8 Å². The number of nitrogens with one attached hydrogen (secondary N) is 1. The molecule has 0 saturated heterocycles. The Bertz CT molecular complexity index is 655. The predicted molar refractivity (Wildman–Crippen MR) is 84.1 cm³/mol. The average Bonchev–Trinajstić information content (AvgIpc) is 2.43. The maximum Gasteiger partial charge on any atom is 0.273 e. The molecule has 0 aliphatic rings. The van der Waals surface area contributed by atoms with Crippen molar-refractivity contribution in [2.24, 2.45) is 0 Å². The number of carbonyl (C=O) groups excluding carboxylic acids is 1. The Kier molecular flexibility index (Phi) is 5.81. The van der Waals surface area contributed by atoms with E-state index >= 15 is 0 Å². The van der Waals surface area contributed by atoms with Crippen molar-refractivity contribution in [2.75, 3.05) is 0 Å². The van der Waals surface area contributed by atoms with Gasteiger partial charge in [0, 0.05) is 17.7 Å². The van der Waals surface area contributed by atoms with Gasteiger partial charge in [0.25, 0.3) is 11.6 Å². The average molecular weight is 301 g/mol. The number of nitrogens with zero attached hydrogens (tertiary/aromatic N) is 2. The summed E-state index contributed by atoms with van der Waals surface area (Å²) in [6, 6.07) is 6.44. The Labute approximate surface area is 129 Å². The number of carbonyl (C=O) groups is 1. The zero-order valence-electron chi connectivity index (χ0n) is 13.1. The van der Waals surface area contributed by atoms with Crippen molar-refractivity contribution in [2.45, 2.75) is 39.7 Å². The van der Waals surface area contributed by atoms with E-state index in [0.717, 1.165) is 0 Å². The van der Waals surface area contributed by atoms with E-state index in [4.69, 9.17) is 5.26 Å². The summed E-state index contributed by atoms with van der Waals surface area (Å²) < 4.78 is 0. The summed E-state index contributed by atoms with van der Waals surface area (Å²) in [5.41, 5.74) is 0.976. The molecular formula is C16H19N3O3. The highest BCUT2D eigenvalue weighted by Gasteiger charge is 2.17. The van der Waals surface area contributed by atoms with Crippen LogP contribution >= 0.6 is 0 Å². The first-order valence-corrected chi connectivity index (χ1v) is 6.97. The van der Waals surface area contributed by atoms with Crippen LogP contribution in [0.25, 0.3) is 6.08 Å². The van der Waals surface area contributed by atoms with Gasteiger partial charge in [-0.15, -0.1) is 0 Å². The summed E-state index contributed by atoms with van der Waals surface area (Å²) in [6.07, 6.45) is 1.36. The lowest BCUT2D eigenvalue weighted by molar-refractivity contribution is -0.385. The summed E-state index contributed by atoms with van der Waals surface area (Å²) in [5, 5.41) is 22.9. The van der Waals surface area contributed by atoms with E-state index < -0.39 is 10.8 Å². The monoisotopic (exact) mass is 301 g/mol. The lowest BCUT2D eigenvalue weighted by Crippen LogP contribution is -2.30. The third-order valence-electron chi connectivity index (χ3n) is 2.97. The third-order valence-corrected chi connectivity index (χ3v) is 2.97. The Morgan fingerprint density at radius 3 is 2.45 bits per heavy atom. The number of nitro groups is 1. The zero-order chi connectivity index (χ0) is 16.9. The molecule has 0 atom stereocenters. The fourth-order valence-corrected chi connectivity index (χ4v) is 1.95. The Morgan fingerprint density at radius 2 is 2.00 bits per heavy atom. The van der Waals surface area contributed by atoms with Crippen LogP contribution in [0, 0.1) is 21.4 Å². The zero-order valence-corrected chi connectivity index (χ0v) is 13.1. The van der Waals surface area contributed by atoms with E-state index in [2.05, 4.69) is 5.32 Å². The smallest absolute Gasteiger partial charge is 0.273 e. The van der Waals surface area contributed by atoms with E-state index in [1.165, 1.54) is 12.1 Å². The van der Waals surface area contributed by atoms with E-state index in [-0.39, 0.29) is 23.2 Å². The largest absolute Gasteiger partial charge is 0.349 e. The highest BCUT2D eigenvalue weighted by atomic mass is 16.6. The topological polar surface area (TPSA) is 96.0 Å². The number of rotatable bonds is 5. The summed E-state index contributed by atoms with van der Waals surface area (Å²) in [5.74, 6) is -0.480. The van der Waals surface area contributed by atoms with Gasteiger partial charge in [-0.2, -0.15) is 5.26 Å². The first-order valence-electron chi connectivity index (χ1n) is 6.97. The van der Waals surface area contributed by atoms with Crippen LogP contribution in [-0.4, -0.2) is 16.9 Å². The standard InChI is InChI=1S/C16H19N3O3/c1-10(2)14-6-5-12(8-15(14)19(21)22)7-13(9-17)16(20)18-11(3)4/h5-8,10-11H,1-4H3,(H,18,20)/b13-7+. The summed E-state index contributed by atoms with van der Waals surface area (Å²) in [4.78, 5) is 22.5. The van der Waals surface area contributed by atoms with Crippen LogP contribution in [0.4, 0.5) is 5.69 Å². The highest BCUT2D eigenvalue weighted by Crippen LogP contribution is 2.28. The van der Waals surface area contributed by atoms with Crippen molar-refractivity contribution in [1.29, 1.82) is 5.26 Å². The van der Waals surface area contributed by atoms with Crippen molar-refractivity contribution in [3.8, 4) is 6.07 Å². The van der Waals surface area contributed by atoms with Crippen molar-refractivity contribution in [3.63, 3.8) is 0 Å². The molecule has 116 valence electrons. The molecule has 0 saturated carbocycles. The second-order valence-electron chi connectivity index (χ2n) is 5.53. The van der Waals surface area contributed by atoms with Crippen LogP contribution in [-0.2, 0) is 4.79 Å². The first kappa shape index (κ1) is 17.4. The molecule has 6 heteroatoms. The number of amides is 1. The van der Waals surface area contributed by atoms with Crippen molar-refractivity contribution in [3.05, 3.63) is 45.0 Å². The minimum Gasteiger partial charge on any atom is -0.349 e. The Balaban J connectivity index is 3.24. The van der Waals surface area contributed by atoms with Crippen LogP contribution in [0.3, 0.4) is 0 Å². The third kappa shape index (κ3) is 4.42. The van der Waals surface area contributed by atoms with Gasteiger partial charge in [-0.3, -0.25) is 14.9 Å². The Hall–Kier alpha value is -2.68. The van der Waals surface area contributed by atoms with Crippen molar-refractivity contribution >= 4 is 17.7 Å². The second kappa shape index (κ2) is 7.36. The van der Waals surface area contributed by atoms with Gasteiger partial charge in [-0.25, -0.2) is 0 Å². The number of nitriles is 1. The summed E-state index contributed by atoms with van der Waals surface area (Å²) in [6.45, 7) is 7.31. The molecule has 1 amide bonds. The van der Waals surface area contributed by atoms with Gasteiger partial charge in [-0.1, -0.05) is 26.0 Å². The summed E-state index contributed by atoms with van der Waals surface area (Å²) in [7, 11) is 0. The molecule has 0 spiro atoms. The SMILES string of the molecule is CC(C)NC(=O)/C(C#N)=C/c1ccc(C(C)C)c([N+](=O)[O-])c1. The molecule has 1 N–H and O–H groups in total. The molecule has 22 heavy (non-hydrogen) atoms. The molecule has 0 aliphatic carbocycles. The van der Waals surface area contributed by atoms with Gasteiger partial charge in [0.05, 0.1) is 4.92 Å². The highest BCUT2D eigenvalue weighted by molar-refractivity contribution is 6.01. The normalized spacial score (nSPS) is 11.4. The van der Waals surface area contributed by atoms with Gasteiger partial charge < -0.3 is 5.32 Å². The summed E-state index contributed by atoms with van der Waals surface area (Å²) >= 11 is 0. The number of benzene rings is 1. The maximum absolute atomic E-state index is 11.8. The van der Waals surface area contributed by atoms with Crippen LogP contribution in [0.1, 0.15) is 44.7 Å². The second-order valence-corrected chi connectivity index (χ2v) is 5.53. The fraction of sp³-hybridized carbons (Fsp3) is 0.375. The molecule has 1 aromatic rings. The van der Waals surface area contributed by atoms with Gasteiger partial charge in [-0.05, 0) is 31.4 Å². The van der Waals surface area contributed by atoms with E-state index in [1.54, 1.807) is 26.0 Å². The van der Waals surface area contributed by atoms with E-state index in [9.17, 15) is 14.9 Å². The Morgan fingerprint density at radius 1 is 1.36 bits per heavy atom. The lowest BCUT2D eigenvalue weighted by Gasteiger charge is -2.08. The van der Waals surface area contributed by atoms with Gasteiger partial charge in [0.1, 0.15) is 11.6 Å². The molecule has 0 heterocycles. The lowest BCUT2D eigenvalue weighted by atomic mass is 9.98. The molecule has 0 bridgehead atoms. The molecule has 6 nitrogen and oxygen atoms in total. The van der Waals surface area contributed by atoms with Crippen molar-refractivity contribution in [1.82, 2.24) is 5.32 Å². The van der Waals surface area contributed by atoms with Gasteiger partial charge in [0.2, 0.25) is 0 Å². The fourth-order valence-electron chi connectivity index (χ4n) is 1.95.